The summed E-state index contributed by atoms with van der Waals surface area (Å²) in [6.07, 6.45) is 1.81. The van der Waals surface area contributed by atoms with Gasteiger partial charge in [-0.25, -0.2) is 13.2 Å². The predicted octanol–water partition coefficient (Wildman–Crippen LogP) is 3.55. The first-order valence-corrected chi connectivity index (χ1v) is 10.0. The van der Waals surface area contributed by atoms with Crippen molar-refractivity contribution in [3.8, 4) is 0 Å². The maximum atomic E-state index is 13.1. The first-order valence-electron chi connectivity index (χ1n) is 8.15. The molecule has 1 aromatic carbocycles. The van der Waals surface area contributed by atoms with E-state index in [2.05, 4.69) is 5.10 Å². The van der Waals surface area contributed by atoms with Crippen LogP contribution in [0.25, 0.3) is 0 Å². The van der Waals surface area contributed by atoms with Gasteiger partial charge in [-0.3, -0.25) is 0 Å². The summed E-state index contributed by atoms with van der Waals surface area (Å²) in [6, 6.07) is 4.91. The van der Waals surface area contributed by atoms with E-state index in [9.17, 15) is 13.2 Å². The number of amides is 1. The molecule has 2 aromatic rings. The van der Waals surface area contributed by atoms with Gasteiger partial charge in [0.1, 0.15) is 0 Å². The Morgan fingerprint density at radius 1 is 1.24 bits per heavy atom. The fourth-order valence-corrected chi connectivity index (χ4v) is 4.91. The van der Waals surface area contributed by atoms with E-state index in [1.807, 2.05) is 26.8 Å². The summed E-state index contributed by atoms with van der Waals surface area (Å²) in [7, 11) is -3.93. The predicted molar refractivity (Wildman–Crippen MR) is 97.0 cm³/mol. The maximum Gasteiger partial charge on any atom is 0.344 e. The van der Waals surface area contributed by atoms with Gasteiger partial charge in [0, 0.05) is 13.1 Å². The highest BCUT2D eigenvalue weighted by Crippen LogP contribution is 2.31. The molecule has 136 valence electrons. The molecule has 1 aromatic heterocycles. The average molecular weight is 384 g/mol. The fourth-order valence-electron chi connectivity index (χ4n) is 2.73. The number of aryl methyl sites for hydroxylation is 2. The van der Waals surface area contributed by atoms with Gasteiger partial charge >= 0.3 is 6.03 Å². The highest BCUT2D eigenvalue weighted by atomic mass is 35.5. The van der Waals surface area contributed by atoms with Crippen molar-refractivity contribution in [2.75, 3.05) is 13.1 Å². The van der Waals surface area contributed by atoms with Gasteiger partial charge in [-0.2, -0.15) is 9.78 Å². The van der Waals surface area contributed by atoms with Crippen LogP contribution in [0.15, 0.2) is 34.3 Å². The molecule has 1 amide bonds. The molecule has 2 rings (SSSR count). The molecule has 0 radical (unpaired) electrons. The Hall–Kier alpha value is -1.86. The monoisotopic (exact) mass is 383 g/mol. The molecule has 0 aliphatic rings. The summed E-state index contributed by atoms with van der Waals surface area (Å²) < 4.78 is 27.2. The summed E-state index contributed by atoms with van der Waals surface area (Å²) in [5, 5.41) is 3.64. The molecule has 8 heteroatoms. The van der Waals surface area contributed by atoms with E-state index < -0.39 is 15.9 Å². The lowest BCUT2D eigenvalue weighted by Crippen LogP contribution is -2.34. The Kier molecular flexibility index (Phi) is 5.90. The molecular formula is C17H22ClN3O3S. The van der Waals surface area contributed by atoms with Gasteiger partial charge in [0.15, 0.2) is 0 Å². The number of halogens is 1. The van der Waals surface area contributed by atoms with Crippen molar-refractivity contribution in [3.63, 3.8) is 0 Å². The number of aromatic nitrogens is 2. The van der Waals surface area contributed by atoms with E-state index in [1.54, 1.807) is 19.1 Å². The topological polar surface area (TPSA) is 72.3 Å². The standard InChI is InChI=1S/C17H22ClN3O3S/c1-5-13-10-8-9-12(4)15(13)25(23,24)16-14(18)11-21(19-16)17(22)20(6-2)7-3/h8-11H,5-7H2,1-4H3. The number of hydrogen-bond acceptors (Lipinski definition) is 4. The summed E-state index contributed by atoms with van der Waals surface area (Å²) in [5.41, 5.74) is 1.32. The van der Waals surface area contributed by atoms with Crippen LogP contribution in [0.1, 0.15) is 31.9 Å². The van der Waals surface area contributed by atoms with Crippen molar-refractivity contribution in [2.24, 2.45) is 0 Å². The number of hydrogen-bond donors (Lipinski definition) is 0. The second-order valence-electron chi connectivity index (χ2n) is 5.60. The molecule has 0 unspecified atom stereocenters. The molecule has 6 nitrogen and oxygen atoms in total. The van der Waals surface area contributed by atoms with Crippen molar-refractivity contribution < 1.29 is 13.2 Å². The molecule has 0 saturated heterocycles. The van der Waals surface area contributed by atoms with Crippen LogP contribution in [0.4, 0.5) is 4.79 Å². The van der Waals surface area contributed by atoms with E-state index in [-0.39, 0.29) is 14.9 Å². The molecule has 0 N–H and O–H groups in total. The number of sulfone groups is 1. The third-order valence-electron chi connectivity index (χ3n) is 4.07. The minimum atomic E-state index is -3.93. The van der Waals surface area contributed by atoms with Crippen molar-refractivity contribution in [1.29, 1.82) is 0 Å². The van der Waals surface area contributed by atoms with Crippen LogP contribution in [0.5, 0.6) is 0 Å². The lowest BCUT2D eigenvalue weighted by atomic mass is 10.1. The van der Waals surface area contributed by atoms with Crippen LogP contribution in [0.2, 0.25) is 5.02 Å². The first-order chi connectivity index (χ1) is 11.8. The van der Waals surface area contributed by atoms with E-state index in [4.69, 9.17) is 11.6 Å². The van der Waals surface area contributed by atoms with Crippen LogP contribution in [0, 0.1) is 6.92 Å². The van der Waals surface area contributed by atoms with Gasteiger partial charge in [0.2, 0.25) is 14.9 Å². The van der Waals surface area contributed by atoms with Crippen LogP contribution in [-0.2, 0) is 16.3 Å². The summed E-state index contributed by atoms with van der Waals surface area (Å²) in [5.74, 6) is 0. The molecule has 0 aliphatic carbocycles. The van der Waals surface area contributed by atoms with Crippen LogP contribution in [0.3, 0.4) is 0 Å². The van der Waals surface area contributed by atoms with Gasteiger partial charge in [-0.05, 0) is 38.3 Å². The van der Waals surface area contributed by atoms with E-state index in [0.29, 0.717) is 30.6 Å². The number of carbonyl (C=O) groups excluding carboxylic acids is 1. The van der Waals surface area contributed by atoms with Crippen molar-refractivity contribution in [2.45, 2.75) is 44.0 Å². The second-order valence-corrected chi connectivity index (χ2v) is 7.81. The lowest BCUT2D eigenvalue weighted by Gasteiger charge is -2.17. The Morgan fingerprint density at radius 2 is 1.88 bits per heavy atom. The SMILES string of the molecule is CCc1cccc(C)c1S(=O)(=O)c1nn(C(=O)N(CC)CC)cc1Cl. The number of nitrogens with zero attached hydrogens (tertiary/aromatic N) is 3. The minimum absolute atomic E-state index is 0.0641. The van der Waals surface area contributed by atoms with Gasteiger partial charge in [0.25, 0.3) is 0 Å². The van der Waals surface area contributed by atoms with Gasteiger partial charge in [-0.15, -0.1) is 0 Å². The maximum absolute atomic E-state index is 13.1. The molecule has 1 heterocycles. The largest absolute Gasteiger partial charge is 0.344 e. The smallest absolute Gasteiger partial charge is 0.323 e. The third-order valence-corrected chi connectivity index (χ3v) is 6.39. The zero-order valence-electron chi connectivity index (χ0n) is 14.8. The van der Waals surface area contributed by atoms with E-state index >= 15 is 0 Å². The number of rotatable bonds is 5. The summed E-state index contributed by atoms with van der Waals surface area (Å²) in [6.45, 7) is 8.28. The van der Waals surface area contributed by atoms with Crippen LogP contribution >= 0.6 is 11.6 Å². The van der Waals surface area contributed by atoms with Gasteiger partial charge in [-0.1, -0.05) is 36.7 Å². The fraction of sp³-hybridized carbons (Fsp3) is 0.412. The van der Waals surface area contributed by atoms with Gasteiger partial charge in [0.05, 0.1) is 16.1 Å². The quantitative estimate of drug-likeness (QED) is 0.791. The molecule has 0 aliphatic heterocycles. The van der Waals surface area contributed by atoms with E-state index in [0.717, 1.165) is 4.68 Å². The van der Waals surface area contributed by atoms with Crippen molar-refractivity contribution in [1.82, 2.24) is 14.7 Å². The lowest BCUT2D eigenvalue weighted by molar-refractivity contribution is 0.201. The highest BCUT2D eigenvalue weighted by molar-refractivity contribution is 7.91. The summed E-state index contributed by atoms with van der Waals surface area (Å²) in [4.78, 5) is 14.1. The van der Waals surface area contributed by atoms with Crippen LogP contribution < -0.4 is 0 Å². The molecule has 0 atom stereocenters. The van der Waals surface area contributed by atoms with Crippen molar-refractivity contribution in [3.05, 3.63) is 40.5 Å². The normalized spacial score (nSPS) is 11.6. The molecule has 0 bridgehead atoms. The second kappa shape index (κ2) is 7.58. The number of carbonyl (C=O) groups is 1. The van der Waals surface area contributed by atoms with Crippen LogP contribution in [-0.4, -0.2) is 42.2 Å². The highest BCUT2D eigenvalue weighted by Gasteiger charge is 2.30. The van der Waals surface area contributed by atoms with Gasteiger partial charge < -0.3 is 4.90 Å². The Bertz CT molecular complexity index is 887. The summed E-state index contributed by atoms with van der Waals surface area (Å²) >= 11 is 6.13. The molecule has 0 spiro atoms. The zero-order chi connectivity index (χ0) is 18.8. The molecule has 0 fully saturated rings. The molecule has 0 saturated carbocycles. The number of benzene rings is 1. The Morgan fingerprint density at radius 3 is 2.44 bits per heavy atom. The first kappa shape index (κ1) is 19.5. The molecule has 25 heavy (non-hydrogen) atoms. The zero-order valence-corrected chi connectivity index (χ0v) is 16.4. The Balaban J connectivity index is 2.58. The third kappa shape index (κ3) is 3.57. The average Bonchev–Trinajstić information content (AvgIpc) is 2.98. The minimum Gasteiger partial charge on any atom is -0.323 e. The van der Waals surface area contributed by atoms with E-state index in [1.165, 1.54) is 11.1 Å². The molecular weight excluding hydrogens is 362 g/mol. The Labute approximate surface area is 153 Å². The van der Waals surface area contributed by atoms with Crippen molar-refractivity contribution >= 4 is 27.5 Å².